The Morgan fingerprint density at radius 3 is 2.64 bits per heavy atom. The van der Waals surface area contributed by atoms with Crippen LogP contribution in [0.15, 0.2) is 18.3 Å². The average Bonchev–Trinajstić information content (AvgIpc) is 3.32. The average molecular weight is 313 g/mol. The van der Waals surface area contributed by atoms with Crippen LogP contribution >= 0.6 is 0 Å². The maximum Gasteiger partial charge on any atom is 0.433 e. The standard InChI is InChI=1S/C15H18F3N3O/c16-15(17,18)13-10-12(4-5-19-13)20-6-1-7-21(9-8-20)14(22)11-2-3-11/h4-5,10-11H,1-3,6-9H2. The van der Waals surface area contributed by atoms with E-state index < -0.39 is 11.9 Å². The predicted molar refractivity (Wildman–Crippen MR) is 75.4 cm³/mol. The Kier molecular flexibility index (Phi) is 3.97. The highest BCUT2D eigenvalue weighted by molar-refractivity contribution is 5.81. The minimum absolute atomic E-state index is 0.185. The number of rotatable bonds is 2. The van der Waals surface area contributed by atoms with Crippen LogP contribution in [-0.2, 0) is 11.0 Å². The topological polar surface area (TPSA) is 36.4 Å². The van der Waals surface area contributed by atoms with Gasteiger partial charge in [-0.05, 0) is 31.4 Å². The van der Waals surface area contributed by atoms with Crippen molar-refractivity contribution in [1.29, 1.82) is 0 Å². The molecular formula is C15H18F3N3O. The molecule has 1 aromatic rings. The van der Waals surface area contributed by atoms with Gasteiger partial charge >= 0.3 is 6.18 Å². The Morgan fingerprint density at radius 1 is 1.18 bits per heavy atom. The van der Waals surface area contributed by atoms with E-state index >= 15 is 0 Å². The van der Waals surface area contributed by atoms with E-state index in [0.29, 0.717) is 31.9 Å². The Balaban J connectivity index is 1.69. The number of pyridine rings is 1. The summed E-state index contributed by atoms with van der Waals surface area (Å²) in [6.07, 6.45) is -0.537. The zero-order valence-electron chi connectivity index (χ0n) is 12.1. The fraction of sp³-hybridized carbons (Fsp3) is 0.600. The third kappa shape index (κ3) is 3.34. The van der Waals surface area contributed by atoms with Gasteiger partial charge in [-0.3, -0.25) is 9.78 Å². The Labute approximate surface area is 126 Å². The SMILES string of the molecule is O=C(C1CC1)N1CCCN(c2ccnc(C(F)(F)F)c2)CC1. The molecule has 1 aliphatic heterocycles. The van der Waals surface area contributed by atoms with E-state index in [2.05, 4.69) is 4.98 Å². The van der Waals surface area contributed by atoms with Crippen molar-refractivity contribution in [2.45, 2.75) is 25.4 Å². The maximum absolute atomic E-state index is 12.7. The number of nitrogens with zero attached hydrogens (tertiary/aromatic N) is 3. The summed E-state index contributed by atoms with van der Waals surface area (Å²) >= 11 is 0. The van der Waals surface area contributed by atoms with Crippen molar-refractivity contribution < 1.29 is 18.0 Å². The molecule has 0 atom stereocenters. The van der Waals surface area contributed by atoms with Gasteiger partial charge in [0.1, 0.15) is 5.69 Å². The molecule has 0 bridgehead atoms. The van der Waals surface area contributed by atoms with Crippen molar-refractivity contribution in [3.8, 4) is 0 Å². The number of halogens is 3. The molecule has 7 heteroatoms. The third-order valence-corrected chi connectivity index (χ3v) is 4.13. The lowest BCUT2D eigenvalue weighted by Crippen LogP contribution is -2.36. The van der Waals surface area contributed by atoms with E-state index in [-0.39, 0.29) is 11.8 Å². The zero-order chi connectivity index (χ0) is 15.7. The van der Waals surface area contributed by atoms with Gasteiger partial charge in [-0.2, -0.15) is 13.2 Å². The molecule has 1 amide bonds. The molecule has 0 N–H and O–H groups in total. The quantitative estimate of drug-likeness (QED) is 0.842. The molecule has 2 heterocycles. The van der Waals surface area contributed by atoms with Crippen LogP contribution in [0, 0.1) is 5.92 Å². The molecule has 1 saturated heterocycles. The minimum atomic E-state index is -4.43. The summed E-state index contributed by atoms with van der Waals surface area (Å²) in [7, 11) is 0. The third-order valence-electron chi connectivity index (χ3n) is 4.13. The summed E-state index contributed by atoms with van der Waals surface area (Å²) in [6, 6.07) is 2.67. The number of aromatic nitrogens is 1. The number of anilines is 1. The molecule has 1 aliphatic carbocycles. The molecule has 120 valence electrons. The van der Waals surface area contributed by atoms with Crippen molar-refractivity contribution in [1.82, 2.24) is 9.88 Å². The van der Waals surface area contributed by atoms with Crippen LogP contribution in [0.2, 0.25) is 0 Å². The summed E-state index contributed by atoms with van der Waals surface area (Å²) in [5, 5.41) is 0. The van der Waals surface area contributed by atoms with E-state index in [1.807, 2.05) is 9.80 Å². The minimum Gasteiger partial charge on any atom is -0.370 e. The first-order valence-corrected chi connectivity index (χ1v) is 7.52. The molecular weight excluding hydrogens is 295 g/mol. The molecule has 4 nitrogen and oxygen atoms in total. The highest BCUT2D eigenvalue weighted by atomic mass is 19.4. The van der Waals surface area contributed by atoms with Crippen LogP contribution in [0.1, 0.15) is 25.0 Å². The largest absolute Gasteiger partial charge is 0.433 e. The molecule has 22 heavy (non-hydrogen) atoms. The summed E-state index contributed by atoms with van der Waals surface area (Å²) in [6.45, 7) is 2.46. The van der Waals surface area contributed by atoms with Gasteiger partial charge in [-0.15, -0.1) is 0 Å². The van der Waals surface area contributed by atoms with Gasteiger partial charge in [0.25, 0.3) is 0 Å². The first-order valence-electron chi connectivity index (χ1n) is 7.52. The molecule has 1 aromatic heterocycles. The molecule has 2 aliphatic rings. The second kappa shape index (κ2) is 5.78. The highest BCUT2D eigenvalue weighted by Gasteiger charge is 2.35. The predicted octanol–water partition coefficient (Wildman–Crippen LogP) is 2.55. The monoisotopic (exact) mass is 313 g/mol. The summed E-state index contributed by atoms with van der Waals surface area (Å²) in [4.78, 5) is 19.2. The van der Waals surface area contributed by atoms with Crippen molar-refractivity contribution in [2.24, 2.45) is 5.92 Å². The molecule has 1 saturated carbocycles. The molecule has 0 aromatic carbocycles. The number of hydrogen-bond donors (Lipinski definition) is 0. The van der Waals surface area contributed by atoms with Crippen LogP contribution in [0.3, 0.4) is 0 Å². The van der Waals surface area contributed by atoms with Gasteiger partial charge in [0.15, 0.2) is 0 Å². The smallest absolute Gasteiger partial charge is 0.370 e. The summed E-state index contributed by atoms with van der Waals surface area (Å²) in [5.74, 6) is 0.386. The first kappa shape index (κ1) is 15.1. The van der Waals surface area contributed by atoms with Crippen molar-refractivity contribution >= 4 is 11.6 Å². The molecule has 3 rings (SSSR count). The van der Waals surface area contributed by atoms with Crippen LogP contribution in [-0.4, -0.2) is 42.0 Å². The Bertz CT molecular complexity index is 557. The van der Waals surface area contributed by atoms with E-state index in [9.17, 15) is 18.0 Å². The Hall–Kier alpha value is -1.79. The summed E-state index contributed by atoms with van der Waals surface area (Å²) in [5.41, 5.74) is -0.358. The molecule has 2 fully saturated rings. The van der Waals surface area contributed by atoms with Crippen LogP contribution in [0.4, 0.5) is 18.9 Å². The van der Waals surface area contributed by atoms with Crippen molar-refractivity contribution in [3.05, 3.63) is 24.0 Å². The lowest BCUT2D eigenvalue weighted by atomic mass is 10.2. The van der Waals surface area contributed by atoms with Gasteiger partial charge in [-0.1, -0.05) is 0 Å². The van der Waals surface area contributed by atoms with Crippen molar-refractivity contribution in [2.75, 3.05) is 31.1 Å². The molecule has 0 unspecified atom stereocenters. The van der Waals surface area contributed by atoms with Gasteiger partial charge in [0.2, 0.25) is 5.91 Å². The van der Waals surface area contributed by atoms with E-state index in [1.165, 1.54) is 6.20 Å². The number of hydrogen-bond acceptors (Lipinski definition) is 3. The molecule has 0 radical (unpaired) electrons. The maximum atomic E-state index is 12.7. The van der Waals surface area contributed by atoms with Crippen LogP contribution in [0.5, 0.6) is 0 Å². The van der Waals surface area contributed by atoms with E-state index in [1.54, 1.807) is 6.07 Å². The van der Waals surface area contributed by atoms with Crippen LogP contribution < -0.4 is 4.90 Å². The van der Waals surface area contributed by atoms with Crippen molar-refractivity contribution in [3.63, 3.8) is 0 Å². The van der Waals surface area contributed by atoms with Gasteiger partial charge in [-0.25, -0.2) is 0 Å². The number of amides is 1. The summed E-state index contributed by atoms with van der Waals surface area (Å²) < 4.78 is 38.2. The fourth-order valence-electron chi connectivity index (χ4n) is 2.76. The molecule has 0 spiro atoms. The van der Waals surface area contributed by atoms with Gasteiger partial charge in [0, 0.05) is 44.0 Å². The number of carbonyl (C=O) groups is 1. The lowest BCUT2D eigenvalue weighted by Gasteiger charge is -2.24. The number of alkyl halides is 3. The second-order valence-electron chi connectivity index (χ2n) is 5.84. The number of carbonyl (C=O) groups excluding carboxylic acids is 1. The van der Waals surface area contributed by atoms with Crippen LogP contribution in [0.25, 0.3) is 0 Å². The highest BCUT2D eigenvalue weighted by Crippen LogP contribution is 2.32. The van der Waals surface area contributed by atoms with Gasteiger partial charge < -0.3 is 9.80 Å². The first-order chi connectivity index (χ1) is 10.4. The second-order valence-corrected chi connectivity index (χ2v) is 5.84. The fourth-order valence-corrected chi connectivity index (χ4v) is 2.76. The van der Waals surface area contributed by atoms with E-state index in [0.717, 1.165) is 25.3 Å². The zero-order valence-corrected chi connectivity index (χ0v) is 12.1. The normalized spacial score (nSPS) is 20.0. The van der Waals surface area contributed by atoms with E-state index in [4.69, 9.17) is 0 Å². The lowest BCUT2D eigenvalue weighted by molar-refractivity contribution is -0.141. The Morgan fingerprint density at radius 2 is 1.95 bits per heavy atom. The van der Waals surface area contributed by atoms with Gasteiger partial charge in [0.05, 0.1) is 0 Å².